The molecule has 5 nitrogen and oxygen atoms in total. The average molecular weight is 367 g/mol. The molecule has 1 fully saturated rings. The Morgan fingerprint density at radius 1 is 1.32 bits per heavy atom. The molecule has 0 amide bonds. The van der Waals surface area contributed by atoms with Gasteiger partial charge in [0.2, 0.25) is 0 Å². The smallest absolute Gasteiger partial charge is 0.372 e. The number of alkyl halides is 3. The van der Waals surface area contributed by atoms with Gasteiger partial charge in [0.1, 0.15) is 22.5 Å². The lowest BCUT2D eigenvalue weighted by atomic mass is 10.0. The summed E-state index contributed by atoms with van der Waals surface area (Å²) in [5.41, 5.74) is 0.565. The maximum atomic E-state index is 12.6. The second-order valence-electron chi connectivity index (χ2n) is 5.89. The van der Waals surface area contributed by atoms with Crippen LogP contribution in [0.3, 0.4) is 0 Å². The highest BCUT2D eigenvalue weighted by atomic mass is 32.1. The van der Waals surface area contributed by atoms with Gasteiger partial charge in [-0.2, -0.15) is 22.8 Å². The van der Waals surface area contributed by atoms with E-state index in [1.54, 1.807) is 6.92 Å². The van der Waals surface area contributed by atoms with E-state index < -0.39 is 11.7 Å². The minimum absolute atomic E-state index is 0.206. The fraction of sp³-hybridized carbons (Fsp3) is 0.438. The van der Waals surface area contributed by atoms with E-state index in [-0.39, 0.29) is 6.04 Å². The highest BCUT2D eigenvalue weighted by Gasteiger charge is 2.31. The number of aryl methyl sites for hydroxylation is 1. The highest BCUT2D eigenvalue weighted by molar-refractivity contribution is 7.10. The summed E-state index contributed by atoms with van der Waals surface area (Å²) in [6, 6.07) is 4.84. The van der Waals surface area contributed by atoms with Crippen molar-refractivity contribution in [2.75, 3.05) is 23.3 Å². The number of hydrogen-bond donors (Lipinski definition) is 1. The third-order valence-electron chi connectivity index (χ3n) is 4.20. The van der Waals surface area contributed by atoms with Gasteiger partial charge in [0, 0.05) is 25.3 Å². The molecule has 1 N–H and O–H groups in total. The van der Waals surface area contributed by atoms with Crippen molar-refractivity contribution in [3.05, 3.63) is 35.2 Å². The summed E-state index contributed by atoms with van der Waals surface area (Å²) in [6.07, 6.45) is -1.87. The van der Waals surface area contributed by atoms with Crippen LogP contribution in [0.15, 0.2) is 18.3 Å². The van der Waals surface area contributed by atoms with Crippen molar-refractivity contribution in [1.29, 1.82) is 5.26 Å². The van der Waals surface area contributed by atoms with E-state index in [0.717, 1.165) is 35.8 Å². The predicted octanol–water partition coefficient (Wildman–Crippen LogP) is 3.82. The third-order valence-corrected chi connectivity index (χ3v) is 5.07. The Morgan fingerprint density at radius 2 is 2.04 bits per heavy atom. The summed E-state index contributed by atoms with van der Waals surface area (Å²) in [4.78, 5) is 5.92. The van der Waals surface area contributed by atoms with Crippen LogP contribution in [0.2, 0.25) is 0 Å². The second kappa shape index (κ2) is 6.88. The number of hydrogen-bond acceptors (Lipinski definition) is 6. The molecule has 0 aromatic carbocycles. The van der Waals surface area contributed by atoms with E-state index in [4.69, 9.17) is 5.26 Å². The van der Waals surface area contributed by atoms with Gasteiger partial charge >= 0.3 is 6.18 Å². The molecule has 0 aliphatic carbocycles. The van der Waals surface area contributed by atoms with Crippen LogP contribution in [0.5, 0.6) is 0 Å². The minimum atomic E-state index is -4.37. The summed E-state index contributed by atoms with van der Waals surface area (Å²) in [6.45, 7) is 3.19. The topological polar surface area (TPSA) is 64.8 Å². The van der Waals surface area contributed by atoms with Crippen LogP contribution < -0.4 is 10.2 Å². The second-order valence-corrected chi connectivity index (χ2v) is 6.67. The number of aromatic nitrogens is 2. The van der Waals surface area contributed by atoms with Crippen LogP contribution in [-0.4, -0.2) is 28.5 Å². The van der Waals surface area contributed by atoms with Crippen LogP contribution in [0, 0.1) is 18.3 Å². The van der Waals surface area contributed by atoms with Crippen LogP contribution >= 0.6 is 11.5 Å². The van der Waals surface area contributed by atoms with Crippen molar-refractivity contribution in [3.8, 4) is 6.07 Å². The number of nitrogens with one attached hydrogen (secondary N) is 1. The van der Waals surface area contributed by atoms with E-state index in [2.05, 4.69) is 20.7 Å². The molecule has 2 aromatic heterocycles. The van der Waals surface area contributed by atoms with Crippen molar-refractivity contribution in [2.24, 2.45) is 0 Å². The number of rotatable bonds is 3. The zero-order valence-corrected chi connectivity index (χ0v) is 14.3. The first-order valence-electron chi connectivity index (χ1n) is 7.79. The fourth-order valence-corrected chi connectivity index (χ4v) is 3.60. The Bertz CT molecular complexity index is 771. The third kappa shape index (κ3) is 3.85. The van der Waals surface area contributed by atoms with Crippen LogP contribution in [0.25, 0.3) is 0 Å². The molecule has 1 aliphatic heterocycles. The lowest BCUT2D eigenvalue weighted by Crippen LogP contribution is -2.39. The molecule has 0 unspecified atom stereocenters. The molecular formula is C16H16F3N5S. The molecular weight excluding hydrogens is 351 g/mol. The van der Waals surface area contributed by atoms with E-state index in [0.29, 0.717) is 24.5 Å². The lowest BCUT2D eigenvalue weighted by Gasteiger charge is -2.33. The molecule has 0 bridgehead atoms. The molecule has 2 aromatic rings. The summed E-state index contributed by atoms with van der Waals surface area (Å²) >= 11 is 1.28. The summed E-state index contributed by atoms with van der Waals surface area (Å²) < 4.78 is 42.0. The van der Waals surface area contributed by atoms with Crippen molar-refractivity contribution in [3.63, 3.8) is 0 Å². The van der Waals surface area contributed by atoms with Gasteiger partial charge in [-0.3, -0.25) is 0 Å². The van der Waals surface area contributed by atoms with Crippen LogP contribution in [0.1, 0.15) is 29.7 Å². The molecule has 1 aliphatic rings. The molecule has 25 heavy (non-hydrogen) atoms. The predicted molar refractivity (Wildman–Crippen MR) is 89.7 cm³/mol. The first-order chi connectivity index (χ1) is 11.9. The maximum Gasteiger partial charge on any atom is 0.417 e. The summed E-state index contributed by atoms with van der Waals surface area (Å²) in [5.74, 6) is 0.554. The van der Waals surface area contributed by atoms with Crippen LogP contribution in [0.4, 0.5) is 24.0 Å². The minimum Gasteiger partial charge on any atom is -0.372 e. The first-order valence-corrected chi connectivity index (χ1v) is 8.57. The Morgan fingerprint density at radius 3 is 2.60 bits per heavy atom. The fourth-order valence-electron chi connectivity index (χ4n) is 2.78. The van der Waals surface area contributed by atoms with Gasteiger partial charge in [-0.05, 0) is 43.4 Å². The Hall–Kier alpha value is -2.34. The molecule has 0 radical (unpaired) electrons. The van der Waals surface area contributed by atoms with E-state index in [9.17, 15) is 13.2 Å². The molecule has 132 valence electrons. The Kier molecular flexibility index (Phi) is 4.81. The van der Waals surface area contributed by atoms with Gasteiger partial charge in [-0.15, -0.1) is 0 Å². The Labute approximate surface area is 147 Å². The van der Waals surface area contributed by atoms with Gasteiger partial charge in [-0.25, -0.2) is 4.98 Å². The van der Waals surface area contributed by atoms with Gasteiger partial charge in [-0.1, -0.05) is 0 Å². The standard InChI is InChI=1S/C16H16F3N5S/c1-10-13(8-20)15(25-23-10)22-12-4-6-24(7-5-12)14-3-2-11(9-21-14)16(17,18)19/h2-3,9,12,22H,4-7H2,1H3. The number of anilines is 2. The zero-order chi connectivity index (χ0) is 18.0. The van der Waals surface area contributed by atoms with Crippen molar-refractivity contribution < 1.29 is 13.2 Å². The van der Waals surface area contributed by atoms with Gasteiger partial charge in [0.05, 0.1) is 11.3 Å². The van der Waals surface area contributed by atoms with Gasteiger partial charge in [0.25, 0.3) is 0 Å². The first kappa shape index (κ1) is 17.5. The number of nitrogens with zero attached hydrogens (tertiary/aromatic N) is 4. The quantitative estimate of drug-likeness (QED) is 0.893. The summed E-state index contributed by atoms with van der Waals surface area (Å²) in [7, 11) is 0. The number of pyridine rings is 1. The summed E-state index contributed by atoms with van der Waals surface area (Å²) in [5, 5.41) is 13.3. The molecule has 0 saturated carbocycles. The van der Waals surface area contributed by atoms with E-state index in [1.165, 1.54) is 17.6 Å². The molecule has 3 rings (SSSR count). The SMILES string of the molecule is Cc1nsc(NC2CCN(c3ccc(C(F)(F)F)cn3)CC2)c1C#N. The largest absolute Gasteiger partial charge is 0.417 e. The molecule has 1 saturated heterocycles. The average Bonchev–Trinajstić information content (AvgIpc) is 2.94. The molecule has 3 heterocycles. The highest BCUT2D eigenvalue weighted by Crippen LogP contribution is 2.30. The number of halogens is 3. The van der Waals surface area contributed by atoms with Gasteiger partial charge < -0.3 is 10.2 Å². The zero-order valence-electron chi connectivity index (χ0n) is 13.5. The molecule has 0 atom stereocenters. The van der Waals surface area contributed by atoms with Gasteiger partial charge in [0.15, 0.2) is 0 Å². The van der Waals surface area contributed by atoms with E-state index in [1.807, 2.05) is 4.90 Å². The van der Waals surface area contributed by atoms with Crippen LogP contribution in [-0.2, 0) is 6.18 Å². The maximum absolute atomic E-state index is 12.6. The van der Waals surface area contributed by atoms with E-state index >= 15 is 0 Å². The van der Waals surface area contributed by atoms with Crippen molar-refractivity contribution in [1.82, 2.24) is 9.36 Å². The normalized spacial score (nSPS) is 15.9. The number of piperidine rings is 1. The molecule has 9 heteroatoms. The molecule has 0 spiro atoms. The lowest BCUT2D eigenvalue weighted by molar-refractivity contribution is -0.137. The number of nitriles is 1. The van der Waals surface area contributed by atoms with Crippen molar-refractivity contribution >= 4 is 22.4 Å². The monoisotopic (exact) mass is 367 g/mol. The van der Waals surface area contributed by atoms with Crippen molar-refractivity contribution in [2.45, 2.75) is 32.0 Å². The Balaban J connectivity index is 1.59.